The lowest BCUT2D eigenvalue weighted by Gasteiger charge is -2.15. The van der Waals surface area contributed by atoms with Crippen LogP contribution in [0.4, 0.5) is 0 Å². The normalized spacial score (nSPS) is 10.5. The number of hydrogen-bond acceptors (Lipinski definition) is 3. The Morgan fingerprint density at radius 2 is 2.22 bits per heavy atom. The Labute approximate surface area is 103 Å². The molecule has 2 aromatic rings. The number of carboxylic acids is 1. The van der Waals surface area contributed by atoms with Crippen molar-refractivity contribution in [2.45, 2.75) is 6.42 Å². The van der Waals surface area contributed by atoms with E-state index in [4.69, 9.17) is 5.11 Å². The van der Waals surface area contributed by atoms with Crippen LogP contribution in [0.2, 0.25) is 0 Å². The molecular formula is C12H13N3O3. The van der Waals surface area contributed by atoms with E-state index in [1.807, 2.05) is 0 Å². The molecule has 0 aliphatic rings. The molecule has 0 radical (unpaired) electrons. The quantitative estimate of drug-likeness (QED) is 0.847. The highest BCUT2D eigenvalue weighted by Gasteiger charge is 2.13. The summed E-state index contributed by atoms with van der Waals surface area (Å²) in [5, 5.41) is 8.58. The minimum atomic E-state index is -0.918. The summed E-state index contributed by atoms with van der Waals surface area (Å²) in [6, 6.07) is 5.15. The van der Waals surface area contributed by atoms with Gasteiger partial charge in [-0.15, -0.1) is 0 Å². The highest BCUT2D eigenvalue weighted by molar-refractivity contribution is 5.97. The molecule has 1 aromatic heterocycles. The number of aromatic nitrogens is 2. The molecule has 94 valence electrons. The number of nitrogens with zero attached hydrogens (tertiary/aromatic N) is 2. The summed E-state index contributed by atoms with van der Waals surface area (Å²) in [7, 11) is 1.59. The van der Waals surface area contributed by atoms with Gasteiger partial charge in [0.15, 0.2) is 0 Å². The summed E-state index contributed by atoms with van der Waals surface area (Å²) in [6.07, 6.45) is 1.50. The lowest BCUT2D eigenvalue weighted by Crippen LogP contribution is -2.28. The number of nitrogens with one attached hydrogen (secondary N) is 1. The van der Waals surface area contributed by atoms with Gasteiger partial charge in [-0.2, -0.15) is 0 Å². The number of rotatable bonds is 4. The number of carbonyl (C=O) groups is 2. The Bertz CT molecular complexity index is 591. The molecule has 0 atom stereocenters. The molecule has 0 bridgehead atoms. The number of aromatic amines is 1. The third-order valence-electron chi connectivity index (χ3n) is 2.67. The first-order chi connectivity index (χ1) is 8.58. The standard InChI is InChI=1S/C12H13N3O3/c1-15(5-4-11(16)17)12(18)8-2-3-9-10(6-8)14-7-13-9/h2-3,6-7H,4-5H2,1H3,(H,13,14)(H,16,17). The van der Waals surface area contributed by atoms with Crippen LogP contribution in [0.3, 0.4) is 0 Å². The van der Waals surface area contributed by atoms with Crippen molar-refractivity contribution in [3.05, 3.63) is 30.1 Å². The third-order valence-corrected chi connectivity index (χ3v) is 2.67. The summed E-state index contributed by atoms with van der Waals surface area (Å²) >= 11 is 0. The number of amides is 1. The average molecular weight is 247 g/mol. The Kier molecular flexibility index (Phi) is 3.27. The number of carboxylic acid groups (broad SMARTS) is 1. The van der Waals surface area contributed by atoms with Crippen LogP contribution in [0.15, 0.2) is 24.5 Å². The van der Waals surface area contributed by atoms with Crippen molar-refractivity contribution in [1.29, 1.82) is 0 Å². The monoisotopic (exact) mass is 247 g/mol. The topological polar surface area (TPSA) is 86.3 Å². The molecule has 6 nitrogen and oxygen atoms in total. The lowest BCUT2D eigenvalue weighted by atomic mass is 10.1. The van der Waals surface area contributed by atoms with Gasteiger partial charge in [0.25, 0.3) is 5.91 Å². The Morgan fingerprint density at radius 1 is 1.44 bits per heavy atom. The zero-order valence-corrected chi connectivity index (χ0v) is 9.88. The van der Waals surface area contributed by atoms with E-state index in [9.17, 15) is 9.59 Å². The first kappa shape index (κ1) is 12.1. The highest BCUT2D eigenvalue weighted by atomic mass is 16.4. The van der Waals surface area contributed by atoms with Crippen LogP contribution in [-0.4, -0.2) is 45.4 Å². The van der Waals surface area contributed by atoms with Crippen LogP contribution in [0.1, 0.15) is 16.8 Å². The van der Waals surface area contributed by atoms with E-state index in [1.165, 1.54) is 4.90 Å². The molecule has 0 aliphatic carbocycles. The van der Waals surface area contributed by atoms with Gasteiger partial charge in [-0.05, 0) is 18.2 Å². The number of imidazole rings is 1. The van der Waals surface area contributed by atoms with Crippen molar-refractivity contribution < 1.29 is 14.7 Å². The van der Waals surface area contributed by atoms with E-state index in [0.717, 1.165) is 11.0 Å². The summed E-state index contributed by atoms with van der Waals surface area (Å²) in [5.74, 6) is -1.12. The van der Waals surface area contributed by atoms with Gasteiger partial charge in [-0.3, -0.25) is 9.59 Å². The number of carbonyl (C=O) groups excluding carboxylic acids is 1. The molecular weight excluding hydrogens is 234 g/mol. The largest absolute Gasteiger partial charge is 0.481 e. The average Bonchev–Trinajstić information content (AvgIpc) is 2.81. The smallest absolute Gasteiger partial charge is 0.305 e. The van der Waals surface area contributed by atoms with Crippen LogP contribution >= 0.6 is 0 Å². The van der Waals surface area contributed by atoms with Gasteiger partial charge in [0, 0.05) is 19.2 Å². The SMILES string of the molecule is CN(CCC(=O)O)C(=O)c1ccc2nc[nH]c2c1. The molecule has 2 rings (SSSR count). The molecule has 0 fully saturated rings. The maximum absolute atomic E-state index is 12.0. The van der Waals surface area contributed by atoms with Gasteiger partial charge in [0.1, 0.15) is 0 Å². The number of benzene rings is 1. The van der Waals surface area contributed by atoms with Crippen LogP contribution in [0, 0.1) is 0 Å². The second-order valence-electron chi connectivity index (χ2n) is 4.00. The predicted octanol–water partition coefficient (Wildman–Crippen LogP) is 1.11. The molecule has 0 saturated carbocycles. The van der Waals surface area contributed by atoms with E-state index >= 15 is 0 Å². The van der Waals surface area contributed by atoms with Crippen molar-refractivity contribution in [2.75, 3.05) is 13.6 Å². The summed E-state index contributed by atoms with van der Waals surface area (Å²) in [4.78, 5) is 30.9. The molecule has 0 unspecified atom stereocenters. The number of aliphatic carboxylic acids is 1. The van der Waals surface area contributed by atoms with Gasteiger partial charge in [-0.1, -0.05) is 0 Å². The third kappa shape index (κ3) is 2.48. The number of H-pyrrole nitrogens is 1. The van der Waals surface area contributed by atoms with Gasteiger partial charge in [0.2, 0.25) is 0 Å². The summed E-state index contributed by atoms with van der Waals surface area (Å²) in [6.45, 7) is 0.190. The Balaban J connectivity index is 2.14. The number of fused-ring (bicyclic) bond motifs is 1. The van der Waals surface area contributed by atoms with E-state index in [2.05, 4.69) is 9.97 Å². The maximum atomic E-state index is 12.0. The van der Waals surface area contributed by atoms with Gasteiger partial charge in [-0.25, -0.2) is 4.98 Å². The molecule has 0 aliphatic heterocycles. The first-order valence-electron chi connectivity index (χ1n) is 5.48. The van der Waals surface area contributed by atoms with Crippen molar-refractivity contribution in [2.24, 2.45) is 0 Å². The fourth-order valence-corrected chi connectivity index (χ4v) is 1.65. The van der Waals surface area contributed by atoms with Gasteiger partial charge < -0.3 is 15.0 Å². The zero-order chi connectivity index (χ0) is 13.1. The fourth-order valence-electron chi connectivity index (χ4n) is 1.65. The molecule has 1 aromatic carbocycles. The predicted molar refractivity (Wildman–Crippen MR) is 65.3 cm³/mol. The lowest BCUT2D eigenvalue weighted by molar-refractivity contribution is -0.137. The second kappa shape index (κ2) is 4.87. The number of hydrogen-bond donors (Lipinski definition) is 2. The minimum Gasteiger partial charge on any atom is -0.481 e. The summed E-state index contributed by atoms with van der Waals surface area (Å²) in [5.41, 5.74) is 2.09. The van der Waals surface area contributed by atoms with Crippen LogP contribution in [-0.2, 0) is 4.79 Å². The Hall–Kier alpha value is -2.37. The van der Waals surface area contributed by atoms with Gasteiger partial charge >= 0.3 is 5.97 Å². The Morgan fingerprint density at radius 3 is 2.94 bits per heavy atom. The second-order valence-corrected chi connectivity index (χ2v) is 4.00. The molecule has 1 amide bonds. The first-order valence-corrected chi connectivity index (χ1v) is 5.48. The van der Waals surface area contributed by atoms with E-state index in [1.54, 1.807) is 31.6 Å². The van der Waals surface area contributed by atoms with E-state index in [-0.39, 0.29) is 18.9 Å². The van der Waals surface area contributed by atoms with Gasteiger partial charge in [0.05, 0.1) is 23.8 Å². The van der Waals surface area contributed by atoms with E-state index in [0.29, 0.717) is 5.56 Å². The molecule has 2 N–H and O–H groups in total. The highest BCUT2D eigenvalue weighted by Crippen LogP contribution is 2.13. The van der Waals surface area contributed by atoms with Crippen LogP contribution < -0.4 is 0 Å². The van der Waals surface area contributed by atoms with Crippen molar-refractivity contribution in [3.8, 4) is 0 Å². The summed E-state index contributed by atoms with van der Waals surface area (Å²) < 4.78 is 0. The van der Waals surface area contributed by atoms with E-state index < -0.39 is 5.97 Å². The molecule has 0 saturated heterocycles. The molecule has 18 heavy (non-hydrogen) atoms. The minimum absolute atomic E-state index is 0.0610. The molecule has 1 heterocycles. The van der Waals surface area contributed by atoms with Crippen molar-refractivity contribution >= 4 is 22.9 Å². The van der Waals surface area contributed by atoms with Crippen LogP contribution in [0.25, 0.3) is 11.0 Å². The molecule has 0 spiro atoms. The maximum Gasteiger partial charge on any atom is 0.305 e. The van der Waals surface area contributed by atoms with Crippen molar-refractivity contribution in [1.82, 2.24) is 14.9 Å². The van der Waals surface area contributed by atoms with Crippen LogP contribution in [0.5, 0.6) is 0 Å². The molecule has 6 heteroatoms. The fraction of sp³-hybridized carbons (Fsp3) is 0.250. The zero-order valence-electron chi connectivity index (χ0n) is 9.88. The van der Waals surface area contributed by atoms with Crippen molar-refractivity contribution in [3.63, 3.8) is 0 Å².